The molecule has 0 aromatic heterocycles. The van der Waals surface area contributed by atoms with E-state index in [9.17, 15) is 4.79 Å². The number of aldehydes is 1. The maximum absolute atomic E-state index is 10.3. The highest BCUT2D eigenvalue weighted by molar-refractivity contribution is 7.99. The number of halogens is 1. The van der Waals surface area contributed by atoms with E-state index in [1.165, 1.54) is 18.0 Å². The molecule has 60 valence electrons. The molecule has 1 atom stereocenters. The lowest BCUT2D eigenvalue weighted by Gasteiger charge is -2.16. The summed E-state index contributed by atoms with van der Waals surface area (Å²) in [7, 11) is 0. The smallest absolute Gasteiger partial charge is 0.166 e. The second-order valence-electron chi connectivity index (χ2n) is 1.90. The van der Waals surface area contributed by atoms with Gasteiger partial charge in [0, 0.05) is 6.21 Å². The summed E-state index contributed by atoms with van der Waals surface area (Å²) in [6, 6.07) is 0. The van der Waals surface area contributed by atoms with Gasteiger partial charge in [-0.15, -0.1) is 11.8 Å². The molecule has 1 rings (SSSR count). The van der Waals surface area contributed by atoms with E-state index >= 15 is 0 Å². The second kappa shape index (κ2) is 3.78. The summed E-state index contributed by atoms with van der Waals surface area (Å²) >= 11 is 7.21. The van der Waals surface area contributed by atoms with Gasteiger partial charge in [0.2, 0.25) is 0 Å². The van der Waals surface area contributed by atoms with Crippen LogP contribution >= 0.6 is 23.4 Å². The first-order chi connectivity index (χ1) is 5.27. The third-order valence-corrected chi connectivity index (χ3v) is 2.22. The number of thioether (sulfide) groups is 1. The van der Waals surface area contributed by atoms with Gasteiger partial charge in [-0.3, -0.25) is 9.79 Å². The summed E-state index contributed by atoms with van der Waals surface area (Å²) in [6.45, 7) is 0. The van der Waals surface area contributed by atoms with Gasteiger partial charge in [-0.2, -0.15) is 0 Å². The average molecular weight is 191 g/mol. The Kier molecular flexibility index (Phi) is 2.96. The Balaban J connectivity index is 2.73. The van der Waals surface area contributed by atoms with Crippen LogP contribution in [-0.4, -0.2) is 24.3 Å². The minimum absolute atomic E-state index is 0.0637. The zero-order chi connectivity index (χ0) is 8.27. The lowest BCUT2D eigenvalue weighted by atomic mass is 10.3. The molecule has 1 aliphatic heterocycles. The molecule has 0 aromatic carbocycles. The van der Waals surface area contributed by atoms with Crippen molar-refractivity contribution < 1.29 is 4.79 Å². The quantitative estimate of drug-likeness (QED) is 0.521. The van der Waals surface area contributed by atoms with Gasteiger partial charge < -0.3 is 5.32 Å². The molecule has 0 fully saturated rings. The van der Waals surface area contributed by atoms with Crippen LogP contribution in [0.1, 0.15) is 0 Å². The van der Waals surface area contributed by atoms with Crippen molar-refractivity contribution in [3.05, 3.63) is 10.7 Å². The molecule has 0 saturated heterocycles. The van der Waals surface area contributed by atoms with Crippen molar-refractivity contribution in [2.75, 3.05) is 6.26 Å². The monoisotopic (exact) mass is 190 g/mol. The summed E-state index contributed by atoms with van der Waals surface area (Å²) < 4.78 is 0. The molecule has 1 aliphatic rings. The summed E-state index contributed by atoms with van der Waals surface area (Å²) in [6.07, 6.45) is 4.06. The number of allylic oxidation sites excluding steroid dienone is 1. The predicted octanol–water partition coefficient (Wildman–Crippen LogP) is 0.956. The lowest BCUT2D eigenvalue weighted by Crippen LogP contribution is -2.26. The van der Waals surface area contributed by atoms with E-state index in [0.29, 0.717) is 17.0 Å². The Morgan fingerprint density at radius 1 is 1.91 bits per heavy atom. The van der Waals surface area contributed by atoms with Gasteiger partial charge in [-0.1, -0.05) is 11.6 Å². The molecule has 11 heavy (non-hydrogen) atoms. The molecule has 3 nitrogen and oxygen atoms in total. The van der Waals surface area contributed by atoms with Crippen molar-refractivity contribution in [3.63, 3.8) is 0 Å². The number of carbonyl (C=O) groups excluding carboxylic acids is 1. The van der Waals surface area contributed by atoms with Gasteiger partial charge in [-0.05, 0) is 6.26 Å². The molecule has 0 aromatic rings. The average Bonchev–Trinajstić information content (AvgIpc) is 2.04. The molecule has 1 heterocycles. The van der Waals surface area contributed by atoms with E-state index in [0.717, 1.165) is 0 Å². The third-order valence-electron chi connectivity index (χ3n) is 1.20. The Labute approximate surface area is 73.9 Å². The fraction of sp³-hybridized carbons (Fsp3) is 0.333. The molecule has 0 aliphatic carbocycles. The molecule has 0 bridgehead atoms. The highest BCUT2D eigenvalue weighted by Crippen LogP contribution is 2.14. The summed E-state index contributed by atoms with van der Waals surface area (Å²) in [4.78, 5) is 14.3. The minimum Gasteiger partial charge on any atom is -0.345 e. The van der Waals surface area contributed by atoms with Crippen molar-refractivity contribution in [1.29, 1.82) is 0 Å². The number of hydrogen-bond donors (Lipinski definition) is 1. The largest absolute Gasteiger partial charge is 0.345 e. The molecule has 1 unspecified atom stereocenters. The number of aliphatic imine (C=N–C) groups is 1. The highest BCUT2D eigenvalue weighted by atomic mass is 35.5. The van der Waals surface area contributed by atoms with Crippen LogP contribution in [-0.2, 0) is 4.79 Å². The predicted molar refractivity (Wildman–Crippen MR) is 47.9 cm³/mol. The van der Waals surface area contributed by atoms with Gasteiger partial charge in [0.05, 0.1) is 5.57 Å². The molecule has 0 spiro atoms. The van der Waals surface area contributed by atoms with Crippen LogP contribution in [0.5, 0.6) is 0 Å². The van der Waals surface area contributed by atoms with E-state index in [4.69, 9.17) is 11.6 Å². The number of nitrogens with one attached hydrogen (secondary N) is 1. The van der Waals surface area contributed by atoms with Crippen LogP contribution in [0.4, 0.5) is 0 Å². The van der Waals surface area contributed by atoms with Crippen molar-refractivity contribution in [1.82, 2.24) is 5.32 Å². The van der Waals surface area contributed by atoms with Gasteiger partial charge in [0.1, 0.15) is 5.16 Å². The molecular weight excluding hydrogens is 184 g/mol. The Morgan fingerprint density at radius 3 is 3.09 bits per heavy atom. The van der Waals surface area contributed by atoms with E-state index in [2.05, 4.69) is 10.3 Å². The fourth-order valence-electron chi connectivity index (χ4n) is 0.636. The van der Waals surface area contributed by atoms with Crippen LogP contribution < -0.4 is 5.32 Å². The van der Waals surface area contributed by atoms with E-state index in [1.54, 1.807) is 0 Å². The van der Waals surface area contributed by atoms with Gasteiger partial charge >= 0.3 is 0 Å². The van der Waals surface area contributed by atoms with Crippen LogP contribution in [0, 0.1) is 0 Å². The van der Waals surface area contributed by atoms with Gasteiger partial charge in [0.15, 0.2) is 11.8 Å². The first-order valence-electron chi connectivity index (χ1n) is 2.95. The van der Waals surface area contributed by atoms with Crippen molar-refractivity contribution in [2.24, 2.45) is 4.99 Å². The molecule has 0 amide bonds. The Morgan fingerprint density at radius 2 is 2.64 bits per heavy atom. The fourth-order valence-corrected chi connectivity index (χ4v) is 1.32. The minimum atomic E-state index is -0.0637. The highest BCUT2D eigenvalue weighted by Gasteiger charge is 2.12. The Bertz CT molecular complexity index is 227. The topological polar surface area (TPSA) is 41.5 Å². The van der Waals surface area contributed by atoms with E-state index < -0.39 is 0 Å². The summed E-state index contributed by atoms with van der Waals surface area (Å²) in [5, 5.41) is 3.22. The van der Waals surface area contributed by atoms with Crippen LogP contribution in [0.25, 0.3) is 0 Å². The molecule has 1 N–H and O–H groups in total. The van der Waals surface area contributed by atoms with E-state index in [-0.39, 0.29) is 5.50 Å². The van der Waals surface area contributed by atoms with E-state index in [1.807, 2.05) is 6.26 Å². The van der Waals surface area contributed by atoms with Gasteiger partial charge in [0.25, 0.3) is 0 Å². The first kappa shape index (κ1) is 8.62. The Hall–Kier alpha value is -0.480. The zero-order valence-electron chi connectivity index (χ0n) is 5.87. The normalized spacial score (nSPS) is 23.3. The number of nitrogens with zero attached hydrogens (tertiary/aromatic N) is 1. The summed E-state index contributed by atoms with van der Waals surface area (Å²) in [5.74, 6) is 0. The van der Waals surface area contributed by atoms with Gasteiger partial charge in [-0.25, -0.2) is 0 Å². The molecule has 0 saturated carbocycles. The number of rotatable bonds is 2. The second-order valence-corrected chi connectivity index (χ2v) is 3.19. The first-order valence-corrected chi connectivity index (χ1v) is 4.62. The molecule has 5 heteroatoms. The van der Waals surface area contributed by atoms with Crippen molar-refractivity contribution in [2.45, 2.75) is 5.50 Å². The molecule has 0 radical (unpaired) electrons. The maximum Gasteiger partial charge on any atom is 0.166 e. The summed E-state index contributed by atoms with van der Waals surface area (Å²) in [5.41, 5.74) is 0.336. The molecular formula is C6H7ClN2OS. The van der Waals surface area contributed by atoms with Crippen LogP contribution in [0.15, 0.2) is 15.7 Å². The third kappa shape index (κ3) is 1.97. The van der Waals surface area contributed by atoms with Crippen molar-refractivity contribution >= 4 is 35.9 Å². The SMILES string of the molecule is CSC1N=CC(C=O)=C(Cl)N1. The van der Waals surface area contributed by atoms with Crippen LogP contribution in [0.3, 0.4) is 0 Å². The van der Waals surface area contributed by atoms with Crippen LogP contribution in [0.2, 0.25) is 0 Å². The maximum atomic E-state index is 10.3. The number of hydrogen-bond acceptors (Lipinski definition) is 4. The lowest BCUT2D eigenvalue weighted by molar-refractivity contribution is -0.104. The van der Waals surface area contributed by atoms with Crippen molar-refractivity contribution in [3.8, 4) is 0 Å². The zero-order valence-corrected chi connectivity index (χ0v) is 7.45. The standard InChI is InChI=1S/C6H7ClN2OS/c1-11-6-8-2-4(3-10)5(7)9-6/h2-3,6,9H,1H3. The number of carbonyl (C=O) groups is 1.